The van der Waals surface area contributed by atoms with Gasteiger partial charge in [0.1, 0.15) is 11.7 Å². The maximum Gasteiger partial charge on any atom is 0.169 e. The Morgan fingerprint density at radius 1 is 0.471 bits per heavy atom. The Kier molecular flexibility index (Phi) is 9.44. The molecule has 8 atom stereocenters. The average molecular weight is 902 g/mol. The van der Waals surface area contributed by atoms with Gasteiger partial charge in [0, 0.05) is 34.7 Å². The maximum absolute atomic E-state index is 5.61. The summed E-state index contributed by atoms with van der Waals surface area (Å²) in [5, 5.41) is 3.94. The molecule has 70 heavy (non-hydrogen) atoms. The molecular weight excluding hydrogens is 847 g/mol. The zero-order valence-electron chi connectivity index (χ0n) is 39.7. The van der Waals surface area contributed by atoms with Gasteiger partial charge in [0.15, 0.2) is 6.17 Å². The minimum atomic E-state index is -0.381. The molecule has 338 valence electrons. The van der Waals surface area contributed by atoms with Crippen molar-refractivity contribution in [1.82, 2.24) is 5.32 Å². The third-order valence-electron chi connectivity index (χ3n) is 17.4. The van der Waals surface area contributed by atoms with Crippen molar-refractivity contribution < 1.29 is 0 Å². The average Bonchev–Trinajstić information content (AvgIpc) is 3.73. The van der Waals surface area contributed by atoms with Crippen molar-refractivity contribution in [3.05, 3.63) is 291 Å². The van der Waals surface area contributed by atoms with Crippen LogP contribution in [0.4, 0.5) is 0 Å². The summed E-state index contributed by atoms with van der Waals surface area (Å²) in [4.78, 5) is 11.0. The zero-order chi connectivity index (χ0) is 46.6. The fourth-order valence-corrected chi connectivity index (χ4v) is 14.2. The van der Waals surface area contributed by atoms with Crippen LogP contribution >= 0.6 is 0 Å². The second-order valence-electron chi connectivity index (χ2n) is 21.1. The highest BCUT2D eigenvalue weighted by Crippen LogP contribution is 2.68. The van der Waals surface area contributed by atoms with E-state index in [0.29, 0.717) is 11.8 Å². The molecule has 3 heteroatoms. The van der Waals surface area contributed by atoms with Gasteiger partial charge >= 0.3 is 0 Å². The highest BCUT2D eigenvalue weighted by molar-refractivity contribution is 6.17. The fourth-order valence-electron chi connectivity index (χ4n) is 14.2. The van der Waals surface area contributed by atoms with Crippen molar-refractivity contribution in [3.63, 3.8) is 0 Å². The first-order chi connectivity index (χ1) is 34.5. The molecule has 1 spiro atoms. The van der Waals surface area contributed by atoms with Gasteiger partial charge in [-0.25, -0.2) is 9.98 Å². The van der Waals surface area contributed by atoms with E-state index in [1.165, 1.54) is 77.9 Å². The SMILES string of the molecule is CC1(C)c2ccccc2C2(c3cccc(C4=NC(c5ccccc5)N=C(C5=CC=C(c6ccccc6)CC5)N4)c3C3C=C(C4=CC5c6ccccc6-c6ccccc6C5C=C4)C=CC32)C2C=CC=CC21. The molecule has 8 unspecified atom stereocenters. The Bertz CT molecular complexity index is 3480. The Balaban J connectivity index is 0.948. The number of allylic oxidation sites excluding steroid dienone is 15. The molecule has 1 heterocycles. The van der Waals surface area contributed by atoms with Crippen LogP contribution in [0.15, 0.2) is 251 Å². The summed E-state index contributed by atoms with van der Waals surface area (Å²) in [5.41, 5.74) is 19.6. The highest BCUT2D eigenvalue weighted by Gasteiger charge is 2.63. The first-order valence-electron chi connectivity index (χ1n) is 25.5. The van der Waals surface area contributed by atoms with Crippen molar-refractivity contribution in [3.8, 4) is 11.1 Å². The van der Waals surface area contributed by atoms with E-state index in [2.05, 4.69) is 244 Å². The first kappa shape index (κ1) is 41.4. The van der Waals surface area contributed by atoms with Gasteiger partial charge < -0.3 is 5.32 Å². The number of benzene rings is 6. The minimum Gasteiger partial charge on any atom is -0.325 e. The summed E-state index contributed by atoms with van der Waals surface area (Å²) in [7, 11) is 0. The molecule has 14 rings (SSSR count). The van der Waals surface area contributed by atoms with Crippen LogP contribution in [0.2, 0.25) is 0 Å². The van der Waals surface area contributed by atoms with Crippen LogP contribution in [0.1, 0.15) is 101 Å². The molecule has 6 aromatic rings. The van der Waals surface area contributed by atoms with Gasteiger partial charge in [0.05, 0.1) is 0 Å². The molecule has 0 bridgehead atoms. The number of nitrogens with one attached hydrogen (secondary N) is 1. The molecule has 0 radical (unpaired) electrons. The number of hydrogen-bond acceptors (Lipinski definition) is 3. The molecule has 0 saturated heterocycles. The summed E-state index contributed by atoms with van der Waals surface area (Å²) >= 11 is 0. The van der Waals surface area contributed by atoms with Crippen LogP contribution in [0, 0.1) is 17.8 Å². The molecule has 1 aliphatic heterocycles. The van der Waals surface area contributed by atoms with Crippen LogP contribution in [-0.4, -0.2) is 11.7 Å². The number of fused-ring (bicyclic) bond motifs is 15. The molecular formula is C67H55N3. The van der Waals surface area contributed by atoms with Gasteiger partial charge in [0.25, 0.3) is 0 Å². The molecule has 0 aromatic heterocycles. The van der Waals surface area contributed by atoms with Crippen molar-refractivity contribution in [1.29, 1.82) is 0 Å². The molecule has 6 aromatic carbocycles. The topological polar surface area (TPSA) is 36.8 Å². The monoisotopic (exact) mass is 901 g/mol. The third-order valence-corrected chi connectivity index (χ3v) is 17.4. The summed E-state index contributed by atoms with van der Waals surface area (Å²) in [6.45, 7) is 4.94. The van der Waals surface area contributed by atoms with Crippen LogP contribution in [0.3, 0.4) is 0 Å². The molecule has 3 nitrogen and oxygen atoms in total. The molecule has 0 fully saturated rings. The Labute approximate surface area is 412 Å². The van der Waals surface area contributed by atoms with E-state index in [4.69, 9.17) is 9.98 Å². The van der Waals surface area contributed by atoms with Gasteiger partial charge in [-0.15, -0.1) is 0 Å². The summed E-state index contributed by atoms with van der Waals surface area (Å²) in [5.74, 6) is 3.17. The van der Waals surface area contributed by atoms with E-state index in [-0.39, 0.29) is 40.7 Å². The van der Waals surface area contributed by atoms with Crippen LogP contribution in [0.25, 0.3) is 16.7 Å². The number of nitrogens with zero attached hydrogens (tertiary/aromatic N) is 2. The summed E-state index contributed by atoms with van der Waals surface area (Å²) in [6.07, 6.45) is 30.9. The number of aliphatic imine (C=N–C) groups is 2. The van der Waals surface area contributed by atoms with Crippen molar-refractivity contribution in [2.75, 3.05) is 0 Å². The lowest BCUT2D eigenvalue weighted by Gasteiger charge is -2.56. The predicted octanol–water partition coefficient (Wildman–Crippen LogP) is 15.1. The summed E-state index contributed by atoms with van der Waals surface area (Å²) < 4.78 is 0. The Morgan fingerprint density at radius 2 is 1.06 bits per heavy atom. The fraction of sp³-hybridized carbons (Fsp3) is 0.194. The van der Waals surface area contributed by atoms with E-state index in [1.807, 2.05) is 0 Å². The quantitative estimate of drug-likeness (QED) is 0.184. The third kappa shape index (κ3) is 6.13. The second-order valence-corrected chi connectivity index (χ2v) is 21.1. The molecule has 7 aliphatic carbocycles. The highest BCUT2D eigenvalue weighted by atomic mass is 15.2. The smallest absolute Gasteiger partial charge is 0.169 e. The molecule has 0 saturated carbocycles. The van der Waals surface area contributed by atoms with E-state index >= 15 is 0 Å². The van der Waals surface area contributed by atoms with E-state index < -0.39 is 0 Å². The normalized spacial score (nSPS) is 27.9. The van der Waals surface area contributed by atoms with Crippen LogP contribution < -0.4 is 5.32 Å². The number of amidine groups is 2. The van der Waals surface area contributed by atoms with E-state index in [0.717, 1.165) is 30.1 Å². The van der Waals surface area contributed by atoms with E-state index in [1.54, 1.807) is 0 Å². The van der Waals surface area contributed by atoms with Crippen molar-refractivity contribution >= 4 is 17.2 Å². The number of rotatable bonds is 5. The van der Waals surface area contributed by atoms with Gasteiger partial charge in [-0.1, -0.05) is 238 Å². The standard InChI is InChI=1S/C67H55N3/c1-66(2)57-27-13-15-29-59(57)67(60-30-16-14-28-58(60)66)56-39-37-47(46-36-38-52-50-24-10-9-22-48(50)49-23-11-12-25-51(49)54(52)40-46)41-55(56)62-53(26-17-31-61(62)67)65-69-63(44-20-7-4-8-21-44)68-64(70-65)45-34-32-43(33-35-45)42-18-5-3-6-19-42/h3-32,34,36-41,52,54-57,59,63H,33,35H2,1-2H3,(H,68,69,70). The minimum absolute atomic E-state index is 0.0576. The molecule has 0 amide bonds. The van der Waals surface area contributed by atoms with Crippen LogP contribution in [0.5, 0.6) is 0 Å². The Morgan fingerprint density at radius 3 is 1.81 bits per heavy atom. The van der Waals surface area contributed by atoms with Crippen molar-refractivity contribution in [2.45, 2.75) is 61.4 Å². The lowest BCUT2D eigenvalue weighted by atomic mass is 9.46. The Hall–Kier alpha value is -7.62. The van der Waals surface area contributed by atoms with Gasteiger partial charge in [-0.05, 0) is 108 Å². The largest absolute Gasteiger partial charge is 0.325 e. The predicted molar refractivity (Wildman–Crippen MR) is 288 cm³/mol. The zero-order valence-corrected chi connectivity index (χ0v) is 39.7. The number of hydrogen-bond donors (Lipinski definition) is 1. The molecule has 1 N–H and O–H groups in total. The van der Waals surface area contributed by atoms with Gasteiger partial charge in [0.2, 0.25) is 0 Å². The van der Waals surface area contributed by atoms with E-state index in [9.17, 15) is 0 Å². The van der Waals surface area contributed by atoms with Crippen LogP contribution in [-0.2, 0) is 10.8 Å². The van der Waals surface area contributed by atoms with Gasteiger partial charge in [-0.2, -0.15) is 0 Å². The second kappa shape index (κ2) is 16.0. The van der Waals surface area contributed by atoms with Gasteiger partial charge in [-0.3, -0.25) is 0 Å². The first-order valence-corrected chi connectivity index (χ1v) is 25.5. The lowest BCUT2D eigenvalue weighted by molar-refractivity contribution is 0.162. The molecule has 8 aliphatic rings. The van der Waals surface area contributed by atoms with Crippen molar-refractivity contribution in [2.24, 2.45) is 27.7 Å². The lowest BCUT2D eigenvalue weighted by Crippen LogP contribution is -2.53. The summed E-state index contributed by atoms with van der Waals surface area (Å²) in [6, 6.07) is 56.1. The maximum atomic E-state index is 5.61.